The van der Waals surface area contributed by atoms with Gasteiger partial charge in [0.25, 0.3) is 0 Å². The molecule has 370 valence electrons. The zero-order valence-electron chi connectivity index (χ0n) is 39.2. The Labute approximate surface area is 386 Å². The third kappa shape index (κ3) is 21.7. The average Bonchev–Trinajstić information content (AvgIpc) is 3.25. The number of hydrogen-bond donors (Lipinski definition) is 12. The van der Waals surface area contributed by atoms with Crippen LogP contribution in [0.3, 0.4) is 0 Å². The lowest BCUT2D eigenvalue weighted by Crippen LogP contribution is -2.60. The quantitative estimate of drug-likeness (QED) is 0.0392. The number of aliphatic carboxylic acids is 1. The first-order chi connectivity index (χ1) is 30.9. The van der Waals surface area contributed by atoms with Crippen LogP contribution in [0.15, 0.2) is 30.3 Å². The molecule has 0 radical (unpaired) electrons. The number of primary amides is 1. The normalized spacial score (nSPS) is 14.8. The van der Waals surface area contributed by atoms with Crippen LogP contribution in [0, 0.1) is 23.7 Å². The fraction of sp³-hybridized carbons (Fsp3) is 0.636. The predicted octanol–water partition coefficient (Wildman–Crippen LogP) is -2.17. The topological polar surface area (TPSA) is 359 Å². The summed E-state index contributed by atoms with van der Waals surface area (Å²) in [5.74, 6) is -9.60. The summed E-state index contributed by atoms with van der Waals surface area (Å²) in [4.78, 5) is 129. The molecule has 0 aliphatic heterocycles. The van der Waals surface area contributed by atoms with E-state index in [0.29, 0.717) is 12.0 Å². The second kappa shape index (κ2) is 29.4. The summed E-state index contributed by atoms with van der Waals surface area (Å²) >= 11 is 0. The number of carboxylic acid groups (broad SMARTS) is 1. The SMILES string of the molecule is CC[C@H](C)[C@H](N)C(=O)NCC(=O)N[C@@H](CCC(N)=O)C(=O)N[C@@H](CC(C)C)C(=O)N[C@@H](CO)C(=O)N[C@@H](CC(C)C)C(=O)N[C@@H](Cc1ccccc1)C(=O)NCC(=O)N[C@H](C(=O)O)C(C)C. The van der Waals surface area contributed by atoms with Gasteiger partial charge in [0.2, 0.25) is 53.2 Å². The van der Waals surface area contributed by atoms with Gasteiger partial charge in [0.15, 0.2) is 0 Å². The molecular formula is C44H72N10O12. The van der Waals surface area contributed by atoms with Crippen molar-refractivity contribution in [1.29, 1.82) is 0 Å². The maximum absolute atomic E-state index is 13.9. The molecule has 1 aromatic carbocycles. The van der Waals surface area contributed by atoms with Gasteiger partial charge in [0.1, 0.15) is 36.3 Å². The molecule has 0 unspecified atom stereocenters. The lowest BCUT2D eigenvalue weighted by atomic mass is 9.99. The first-order valence-corrected chi connectivity index (χ1v) is 22.2. The number of amides is 9. The highest BCUT2D eigenvalue weighted by Crippen LogP contribution is 2.11. The summed E-state index contributed by atoms with van der Waals surface area (Å²) in [6.45, 7) is 11.8. The molecule has 0 aromatic heterocycles. The molecule has 0 bridgehead atoms. The smallest absolute Gasteiger partial charge is 0.326 e. The van der Waals surface area contributed by atoms with Gasteiger partial charge in [-0.05, 0) is 48.5 Å². The molecule has 0 saturated carbocycles. The molecule has 0 saturated heterocycles. The second-order valence-electron chi connectivity index (χ2n) is 17.5. The molecule has 0 fully saturated rings. The van der Waals surface area contributed by atoms with Crippen molar-refractivity contribution in [3.05, 3.63) is 35.9 Å². The van der Waals surface area contributed by atoms with Crippen LogP contribution in [0.1, 0.15) is 93.1 Å². The maximum Gasteiger partial charge on any atom is 0.326 e. The molecular weight excluding hydrogens is 861 g/mol. The summed E-state index contributed by atoms with van der Waals surface area (Å²) in [6, 6.07) is -0.451. The molecule has 1 aromatic rings. The predicted molar refractivity (Wildman–Crippen MR) is 242 cm³/mol. The number of aliphatic hydroxyl groups is 1. The zero-order chi connectivity index (χ0) is 50.3. The van der Waals surface area contributed by atoms with Crippen LogP contribution in [0.5, 0.6) is 0 Å². The van der Waals surface area contributed by atoms with Gasteiger partial charge in [-0.2, -0.15) is 0 Å². The summed E-state index contributed by atoms with van der Waals surface area (Å²) in [7, 11) is 0. The second-order valence-corrected chi connectivity index (χ2v) is 17.5. The van der Waals surface area contributed by atoms with E-state index in [4.69, 9.17) is 11.5 Å². The first-order valence-electron chi connectivity index (χ1n) is 22.2. The number of carbonyl (C=O) groups excluding carboxylic acids is 9. The number of nitrogens with one attached hydrogen (secondary N) is 8. The minimum atomic E-state index is -1.65. The van der Waals surface area contributed by atoms with E-state index >= 15 is 0 Å². The van der Waals surface area contributed by atoms with Crippen LogP contribution in [0.4, 0.5) is 0 Å². The molecule has 1 rings (SSSR count). The fourth-order valence-electron chi connectivity index (χ4n) is 6.38. The molecule has 0 spiro atoms. The van der Waals surface area contributed by atoms with Gasteiger partial charge in [0, 0.05) is 12.8 Å². The van der Waals surface area contributed by atoms with E-state index in [1.54, 1.807) is 78.8 Å². The molecule has 0 heterocycles. The van der Waals surface area contributed by atoms with Gasteiger partial charge >= 0.3 is 5.97 Å². The molecule has 0 aliphatic carbocycles. The van der Waals surface area contributed by atoms with E-state index < -0.39 is 127 Å². The van der Waals surface area contributed by atoms with E-state index in [0.717, 1.165) is 0 Å². The number of nitrogens with two attached hydrogens (primary N) is 2. The number of carboxylic acids is 1. The maximum atomic E-state index is 13.9. The minimum Gasteiger partial charge on any atom is -0.480 e. The Balaban J connectivity index is 3.24. The standard InChI is InChI=1S/C44H72N10O12/c1-9-26(8)36(46)43(64)48-20-34(57)49-28(15-16-33(45)56)39(60)50-30(18-24(4)5)41(62)53-32(22-55)42(63)51-29(17-23(2)3)40(61)52-31(19-27-13-11-10-12-14-27)38(59)47-21-35(58)54-37(25(6)7)44(65)66/h10-14,23-26,28-32,36-37,55H,9,15-22,46H2,1-8H3,(H2,45,56)(H,47,59)(H,48,64)(H,49,57)(H,50,60)(H,51,63)(H,52,61)(H,53,62)(H,54,58)(H,65,66)/t26-,28-,29-,30-,31-,32-,36-,37-/m0/s1. The van der Waals surface area contributed by atoms with Crippen LogP contribution in [-0.4, -0.2) is 131 Å². The number of benzene rings is 1. The van der Waals surface area contributed by atoms with Gasteiger partial charge < -0.3 is 64.2 Å². The third-order valence-electron chi connectivity index (χ3n) is 10.4. The zero-order valence-corrected chi connectivity index (χ0v) is 39.2. The monoisotopic (exact) mass is 933 g/mol. The average molecular weight is 933 g/mol. The van der Waals surface area contributed by atoms with Crippen molar-refractivity contribution in [2.45, 2.75) is 136 Å². The van der Waals surface area contributed by atoms with Crippen molar-refractivity contribution in [2.24, 2.45) is 35.1 Å². The van der Waals surface area contributed by atoms with Crippen molar-refractivity contribution in [2.75, 3.05) is 19.7 Å². The van der Waals surface area contributed by atoms with Crippen LogP contribution >= 0.6 is 0 Å². The van der Waals surface area contributed by atoms with Crippen LogP contribution in [-0.2, 0) is 54.4 Å². The van der Waals surface area contributed by atoms with Gasteiger partial charge in [-0.15, -0.1) is 0 Å². The first kappa shape index (κ1) is 57.9. The Morgan fingerprint density at radius 1 is 0.591 bits per heavy atom. The highest BCUT2D eigenvalue weighted by atomic mass is 16.4. The Bertz CT molecular complexity index is 1810. The van der Waals surface area contributed by atoms with Crippen molar-refractivity contribution in [3.8, 4) is 0 Å². The Morgan fingerprint density at radius 2 is 1.05 bits per heavy atom. The number of rotatable bonds is 30. The number of aliphatic hydroxyl groups excluding tert-OH is 1. The minimum absolute atomic E-state index is 0.0140. The van der Waals surface area contributed by atoms with Crippen molar-refractivity contribution in [1.82, 2.24) is 42.5 Å². The third-order valence-corrected chi connectivity index (χ3v) is 10.4. The molecule has 22 nitrogen and oxygen atoms in total. The summed E-state index contributed by atoms with van der Waals surface area (Å²) < 4.78 is 0. The largest absolute Gasteiger partial charge is 0.480 e. The Morgan fingerprint density at radius 3 is 1.50 bits per heavy atom. The lowest BCUT2D eigenvalue weighted by Gasteiger charge is -2.27. The van der Waals surface area contributed by atoms with E-state index in [1.165, 1.54) is 0 Å². The van der Waals surface area contributed by atoms with E-state index in [-0.39, 0.29) is 49.9 Å². The van der Waals surface area contributed by atoms with Crippen molar-refractivity contribution < 1.29 is 58.2 Å². The molecule has 8 atom stereocenters. The molecule has 0 aliphatic rings. The van der Waals surface area contributed by atoms with Gasteiger partial charge in [-0.25, -0.2) is 4.79 Å². The van der Waals surface area contributed by atoms with Crippen LogP contribution in [0.25, 0.3) is 0 Å². The number of carbonyl (C=O) groups is 10. The highest BCUT2D eigenvalue weighted by Gasteiger charge is 2.34. The highest BCUT2D eigenvalue weighted by molar-refractivity contribution is 5.97. The van der Waals surface area contributed by atoms with E-state index in [2.05, 4.69) is 42.5 Å². The molecule has 66 heavy (non-hydrogen) atoms. The van der Waals surface area contributed by atoms with Crippen LogP contribution < -0.4 is 54.0 Å². The van der Waals surface area contributed by atoms with Crippen molar-refractivity contribution >= 4 is 59.1 Å². The summed E-state index contributed by atoms with van der Waals surface area (Å²) in [6.07, 6.45) is 0.0322. The number of hydrogen-bond acceptors (Lipinski definition) is 12. The molecule has 14 N–H and O–H groups in total. The van der Waals surface area contributed by atoms with Crippen molar-refractivity contribution in [3.63, 3.8) is 0 Å². The van der Waals surface area contributed by atoms with Crippen LogP contribution in [0.2, 0.25) is 0 Å². The van der Waals surface area contributed by atoms with E-state index in [1.807, 2.05) is 6.92 Å². The molecule has 22 heteroatoms. The molecule has 9 amide bonds. The van der Waals surface area contributed by atoms with Gasteiger partial charge in [-0.3, -0.25) is 43.2 Å². The lowest BCUT2D eigenvalue weighted by molar-refractivity contribution is -0.143. The Hall–Kier alpha value is -6.16. The fourth-order valence-corrected chi connectivity index (χ4v) is 6.38. The van der Waals surface area contributed by atoms with Gasteiger partial charge in [0.05, 0.1) is 25.7 Å². The van der Waals surface area contributed by atoms with Gasteiger partial charge in [-0.1, -0.05) is 92.1 Å². The summed E-state index contributed by atoms with van der Waals surface area (Å²) in [5.41, 5.74) is 11.9. The Kier molecular flexibility index (Phi) is 25.8. The summed E-state index contributed by atoms with van der Waals surface area (Å²) in [5, 5.41) is 39.4. The van der Waals surface area contributed by atoms with E-state index in [9.17, 15) is 58.2 Å².